The highest BCUT2D eigenvalue weighted by molar-refractivity contribution is 7.89. The van der Waals surface area contributed by atoms with Gasteiger partial charge in [-0.25, -0.2) is 12.7 Å². The number of benzene rings is 1. The average molecular weight is 422 g/mol. The third-order valence-corrected chi connectivity index (χ3v) is 6.76. The first-order valence-electron chi connectivity index (χ1n) is 9.48. The van der Waals surface area contributed by atoms with Gasteiger partial charge in [0, 0.05) is 39.3 Å². The number of sulfonamides is 1. The molecule has 0 radical (unpaired) electrons. The molecule has 1 saturated heterocycles. The number of ether oxygens (including phenoxy) is 1. The highest BCUT2D eigenvalue weighted by Gasteiger charge is 2.26. The average Bonchev–Trinajstić information content (AvgIpc) is 3.14. The molecule has 1 N–H and O–H groups in total. The van der Waals surface area contributed by atoms with Crippen LogP contribution in [0.2, 0.25) is 0 Å². The van der Waals surface area contributed by atoms with E-state index in [9.17, 15) is 13.2 Å². The molecule has 1 aliphatic heterocycles. The van der Waals surface area contributed by atoms with Crippen LogP contribution in [0, 0.1) is 6.92 Å². The number of hydrogen-bond acceptors (Lipinski definition) is 6. The summed E-state index contributed by atoms with van der Waals surface area (Å²) >= 11 is 0. The minimum atomic E-state index is -3.52. The SMILES string of the molecule is Cc1ccc([C@@H](CNC(=O)c2ccc(S(=O)(=O)N(C)C)cc2)N2CCOCC2)o1. The predicted molar refractivity (Wildman–Crippen MR) is 108 cm³/mol. The van der Waals surface area contributed by atoms with E-state index in [4.69, 9.17) is 9.15 Å². The Morgan fingerprint density at radius 3 is 2.34 bits per heavy atom. The van der Waals surface area contributed by atoms with Gasteiger partial charge in [0.05, 0.1) is 24.2 Å². The normalized spacial score (nSPS) is 16.7. The Bertz CT molecular complexity index is 931. The van der Waals surface area contributed by atoms with Crippen molar-refractivity contribution in [2.45, 2.75) is 17.9 Å². The Morgan fingerprint density at radius 1 is 1.14 bits per heavy atom. The number of carbonyl (C=O) groups is 1. The number of carbonyl (C=O) groups excluding carboxylic acids is 1. The summed E-state index contributed by atoms with van der Waals surface area (Å²) in [5, 5.41) is 2.94. The lowest BCUT2D eigenvalue weighted by Gasteiger charge is -2.33. The number of nitrogens with one attached hydrogen (secondary N) is 1. The lowest BCUT2D eigenvalue weighted by atomic mass is 10.1. The maximum atomic E-state index is 12.6. The van der Waals surface area contributed by atoms with E-state index in [1.54, 1.807) is 0 Å². The Balaban J connectivity index is 1.70. The van der Waals surface area contributed by atoms with Crippen molar-refractivity contribution in [3.8, 4) is 0 Å². The molecule has 0 spiro atoms. The van der Waals surface area contributed by atoms with Gasteiger partial charge in [0.2, 0.25) is 10.0 Å². The summed E-state index contributed by atoms with van der Waals surface area (Å²) < 4.78 is 36.7. The zero-order valence-corrected chi connectivity index (χ0v) is 17.7. The van der Waals surface area contributed by atoms with E-state index in [0.29, 0.717) is 25.3 Å². The minimum Gasteiger partial charge on any atom is -0.465 e. The Hall–Kier alpha value is -2.20. The maximum Gasteiger partial charge on any atom is 0.251 e. The fourth-order valence-corrected chi connectivity index (χ4v) is 4.11. The number of aryl methyl sites for hydroxylation is 1. The second-order valence-electron chi connectivity index (χ2n) is 7.13. The van der Waals surface area contributed by atoms with Crippen LogP contribution in [-0.2, 0) is 14.8 Å². The van der Waals surface area contributed by atoms with Crippen molar-refractivity contribution >= 4 is 15.9 Å². The molecule has 158 valence electrons. The van der Waals surface area contributed by atoms with Gasteiger partial charge < -0.3 is 14.5 Å². The number of rotatable bonds is 7. The van der Waals surface area contributed by atoms with Gasteiger partial charge in [0.25, 0.3) is 5.91 Å². The van der Waals surface area contributed by atoms with E-state index in [2.05, 4.69) is 10.2 Å². The predicted octanol–water partition coefficient (Wildman–Crippen LogP) is 1.64. The molecule has 29 heavy (non-hydrogen) atoms. The van der Waals surface area contributed by atoms with Crippen molar-refractivity contribution in [1.29, 1.82) is 0 Å². The lowest BCUT2D eigenvalue weighted by molar-refractivity contribution is 0.0117. The van der Waals surface area contributed by atoms with Gasteiger partial charge in [-0.2, -0.15) is 0 Å². The zero-order chi connectivity index (χ0) is 21.0. The highest BCUT2D eigenvalue weighted by Crippen LogP contribution is 2.23. The third kappa shape index (κ3) is 5.05. The van der Waals surface area contributed by atoms with Crippen LogP contribution in [0.5, 0.6) is 0 Å². The summed E-state index contributed by atoms with van der Waals surface area (Å²) in [6.45, 7) is 5.08. The van der Waals surface area contributed by atoms with Crippen LogP contribution in [0.25, 0.3) is 0 Å². The van der Waals surface area contributed by atoms with E-state index in [-0.39, 0.29) is 16.8 Å². The van der Waals surface area contributed by atoms with Crippen LogP contribution < -0.4 is 5.32 Å². The zero-order valence-electron chi connectivity index (χ0n) is 16.9. The molecule has 1 aromatic heterocycles. The fraction of sp³-hybridized carbons (Fsp3) is 0.450. The van der Waals surface area contributed by atoms with E-state index >= 15 is 0 Å². The first-order valence-corrected chi connectivity index (χ1v) is 10.9. The van der Waals surface area contributed by atoms with E-state index in [1.807, 2.05) is 19.1 Å². The maximum absolute atomic E-state index is 12.6. The van der Waals surface area contributed by atoms with Crippen LogP contribution in [0.15, 0.2) is 45.7 Å². The molecule has 1 atom stereocenters. The molecule has 2 aromatic rings. The van der Waals surface area contributed by atoms with E-state index in [1.165, 1.54) is 38.4 Å². The summed E-state index contributed by atoms with van der Waals surface area (Å²) in [6.07, 6.45) is 0. The summed E-state index contributed by atoms with van der Waals surface area (Å²) in [7, 11) is -0.582. The first-order chi connectivity index (χ1) is 13.8. The first kappa shape index (κ1) is 21.5. The monoisotopic (exact) mass is 421 g/mol. The van der Waals surface area contributed by atoms with Crippen molar-refractivity contribution in [3.05, 3.63) is 53.5 Å². The Morgan fingerprint density at radius 2 is 1.79 bits per heavy atom. The topological polar surface area (TPSA) is 92.1 Å². The summed E-state index contributed by atoms with van der Waals surface area (Å²) in [6, 6.07) is 9.68. The van der Waals surface area contributed by atoms with Crippen molar-refractivity contribution in [1.82, 2.24) is 14.5 Å². The van der Waals surface area contributed by atoms with Crippen molar-refractivity contribution in [3.63, 3.8) is 0 Å². The van der Waals surface area contributed by atoms with Gasteiger partial charge in [-0.15, -0.1) is 0 Å². The number of amides is 1. The van der Waals surface area contributed by atoms with Crippen LogP contribution in [0.3, 0.4) is 0 Å². The van der Waals surface area contributed by atoms with Crippen molar-refractivity contribution in [2.24, 2.45) is 0 Å². The number of hydrogen-bond donors (Lipinski definition) is 1. The molecule has 0 bridgehead atoms. The minimum absolute atomic E-state index is 0.0926. The van der Waals surface area contributed by atoms with Crippen LogP contribution in [0.4, 0.5) is 0 Å². The van der Waals surface area contributed by atoms with Crippen molar-refractivity contribution < 1.29 is 22.4 Å². The number of furan rings is 1. The second kappa shape index (κ2) is 9.08. The largest absolute Gasteiger partial charge is 0.465 e. The number of nitrogens with zero attached hydrogens (tertiary/aromatic N) is 2. The summed E-state index contributed by atoms with van der Waals surface area (Å²) in [5.41, 5.74) is 0.402. The molecular weight excluding hydrogens is 394 g/mol. The molecule has 2 heterocycles. The Labute approximate surface area is 171 Å². The highest BCUT2D eigenvalue weighted by atomic mass is 32.2. The second-order valence-corrected chi connectivity index (χ2v) is 9.29. The standard InChI is InChI=1S/C20H27N3O5S/c1-15-4-9-19(28-15)18(23-10-12-27-13-11-23)14-21-20(24)16-5-7-17(8-6-16)29(25,26)22(2)3/h4-9,18H,10-14H2,1-3H3,(H,21,24)/t18-/m1/s1. The van der Waals surface area contributed by atoms with Crippen LogP contribution >= 0.6 is 0 Å². The van der Waals surface area contributed by atoms with Gasteiger partial charge >= 0.3 is 0 Å². The third-order valence-electron chi connectivity index (χ3n) is 4.93. The molecule has 0 saturated carbocycles. The molecular formula is C20H27N3O5S. The Kier molecular flexibility index (Phi) is 6.74. The van der Waals surface area contributed by atoms with Crippen LogP contribution in [-0.4, -0.2) is 70.5 Å². The van der Waals surface area contributed by atoms with E-state index in [0.717, 1.165) is 28.9 Å². The molecule has 1 fully saturated rings. The molecule has 8 nitrogen and oxygen atoms in total. The van der Waals surface area contributed by atoms with Crippen LogP contribution in [0.1, 0.15) is 27.9 Å². The fourth-order valence-electron chi connectivity index (χ4n) is 3.21. The smallest absolute Gasteiger partial charge is 0.251 e. The number of morpholine rings is 1. The molecule has 0 aliphatic carbocycles. The van der Waals surface area contributed by atoms with Gasteiger partial charge in [-0.1, -0.05) is 0 Å². The molecule has 1 aliphatic rings. The lowest BCUT2D eigenvalue weighted by Crippen LogP contribution is -2.43. The van der Waals surface area contributed by atoms with E-state index < -0.39 is 10.0 Å². The van der Waals surface area contributed by atoms with Gasteiger partial charge in [0.1, 0.15) is 11.5 Å². The summed E-state index contributed by atoms with van der Waals surface area (Å²) in [4.78, 5) is 15.0. The van der Waals surface area contributed by atoms with Gasteiger partial charge in [-0.05, 0) is 43.3 Å². The van der Waals surface area contributed by atoms with Gasteiger partial charge in [-0.3, -0.25) is 9.69 Å². The summed E-state index contributed by atoms with van der Waals surface area (Å²) in [5.74, 6) is 1.36. The molecule has 1 amide bonds. The molecule has 1 aromatic carbocycles. The van der Waals surface area contributed by atoms with Crippen molar-refractivity contribution in [2.75, 3.05) is 46.9 Å². The molecule has 0 unspecified atom stereocenters. The molecule has 9 heteroatoms. The molecule has 3 rings (SSSR count). The quantitative estimate of drug-likeness (QED) is 0.731. The van der Waals surface area contributed by atoms with Gasteiger partial charge in [0.15, 0.2) is 0 Å².